The number of nitrogens with one attached hydrogen (secondary N) is 1. The Morgan fingerprint density at radius 3 is 2.59 bits per heavy atom. The van der Waals surface area contributed by atoms with Gasteiger partial charge in [-0.2, -0.15) is 13.2 Å². The number of benzene rings is 1. The lowest BCUT2D eigenvalue weighted by Gasteiger charge is -2.16. The first-order valence-corrected chi connectivity index (χ1v) is 5.75. The Morgan fingerprint density at radius 2 is 2.12 bits per heavy atom. The van der Waals surface area contributed by atoms with Gasteiger partial charge < -0.3 is 5.32 Å². The molecule has 0 amide bonds. The van der Waals surface area contributed by atoms with Crippen LogP contribution in [0.5, 0.6) is 0 Å². The second-order valence-electron chi connectivity index (χ2n) is 3.39. The molecule has 5 heteroatoms. The van der Waals surface area contributed by atoms with Crippen molar-refractivity contribution in [2.45, 2.75) is 19.1 Å². The van der Waals surface area contributed by atoms with Crippen LogP contribution < -0.4 is 5.32 Å². The first-order chi connectivity index (χ1) is 7.90. The topological polar surface area (TPSA) is 12.0 Å². The highest BCUT2D eigenvalue weighted by molar-refractivity contribution is 9.10. The summed E-state index contributed by atoms with van der Waals surface area (Å²) in [4.78, 5) is 0. The third-order valence-electron chi connectivity index (χ3n) is 2.21. The fourth-order valence-electron chi connectivity index (χ4n) is 1.40. The van der Waals surface area contributed by atoms with Gasteiger partial charge in [0, 0.05) is 4.47 Å². The van der Waals surface area contributed by atoms with Gasteiger partial charge in [-0.15, -0.1) is 6.42 Å². The molecule has 0 heterocycles. The molecule has 0 aliphatic carbocycles. The standard InChI is InChI=1S/C12H11BrF3N/c1-3-11(17-4-2)9-7-8(12(14,15)16)5-6-10(9)13/h1,5-7,11,17H,4H2,2H3. The maximum atomic E-state index is 12.6. The molecule has 0 saturated carbocycles. The molecule has 1 unspecified atom stereocenters. The van der Waals surface area contributed by atoms with E-state index in [1.54, 1.807) is 0 Å². The van der Waals surface area contributed by atoms with Crippen LogP contribution in [-0.2, 0) is 6.18 Å². The van der Waals surface area contributed by atoms with Crippen molar-refractivity contribution in [3.8, 4) is 12.3 Å². The zero-order chi connectivity index (χ0) is 13.1. The van der Waals surface area contributed by atoms with Gasteiger partial charge in [0.15, 0.2) is 0 Å². The molecule has 0 bridgehead atoms. The third kappa shape index (κ3) is 3.48. The SMILES string of the molecule is C#CC(NCC)c1cc(C(F)(F)F)ccc1Br. The van der Waals surface area contributed by atoms with Gasteiger partial charge in [0.2, 0.25) is 0 Å². The van der Waals surface area contributed by atoms with Gasteiger partial charge in [-0.25, -0.2) is 0 Å². The summed E-state index contributed by atoms with van der Waals surface area (Å²) < 4.78 is 38.3. The molecule has 17 heavy (non-hydrogen) atoms. The number of rotatable bonds is 3. The molecule has 0 aromatic heterocycles. The van der Waals surface area contributed by atoms with Gasteiger partial charge >= 0.3 is 6.18 Å². The summed E-state index contributed by atoms with van der Waals surface area (Å²) in [7, 11) is 0. The van der Waals surface area contributed by atoms with Gasteiger partial charge in [0.1, 0.15) is 0 Å². The maximum Gasteiger partial charge on any atom is 0.416 e. The molecule has 0 spiro atoms. The van der Waals surface area contributed by atoms with Crippen LogP contribution >= 0.6 is 15.9 Å². The summed E-state index contributed by atoms with van der Waals surface area (Å²) in [5.41, 5.74) is -0.280. The monoisotopic (exact) mass is 305 g/mol. The zero-order valence-electron chi connectivity index (χ0n) is 9.11. The van der Waals surface area contributed by atoms with E-state index in [9.17, 15) is 13.2 Å². The van der Waals surface area contributed by atoms with E-state index in [2.05, 4.69) is 27.2 Å². The number of terminal acetylenes is 1. The van der Waals surface area contributed by atoms with E-state index < -0.39 is 17.8 Å². The first-order valence-electron chi connectivity index (χ1n) is 4.96. The Morgan fingerprint density at radius 1 is 1.47 bits per heavy atom. The molecule has 0 aliphatic rings. The van der Waals surface area contributed by atoms with E-state index in [-0.39, 0.29) is 0 Å². The second-order valence-corrected chi connectivity index (χ2v) is 4.25. The van der Waals surface area contributed by atoms with Gasteiger partial charge in [0.05, 0.1) is 11.6 Å². The Labute approximate surface area is 107 Å². The lowest BCUT2D eigenvalue weighted by molar-refractivity contribution is -0.137. The van der Waals surface area contributed by atoms with E-state index in [1.807, 2.05) is 6.92 Å². The predicted octanol–water partition coefficient (Wildman–Crippen LogP) is 3.75. The van der Waals surface area contributed by atoms with Crippen LogP contribution in [0, 0.1) is 12.3 Å². The summed E-state index contributed by atoms with van der Waals surface area (Å²) >= 11 is 3.21. The Hall–Kier alpha value is -0.990. The van der Waals surface area contributed by atoms with E-state index in [0.717, 1.165) is 12.1 Å². The van der Waals surface area contributed by atoms with Crippen molar-refractivity contribution < 1.29 is 13.2 Å². The number of alkyl halides is 3. The number of halogens is 4. The largest absolute Gasteiger partial charge is 0.416 e. The highest BCUT2D eigenvalue weighted by Crippen LogP contribution is 2.33. The summed E-state index contributed by atoms with van der Waals surface area (Å²) in [6.45, 7) is 2.42. The number of hydrogen-bond donors (Lipinski definition) is 1. The molecule has 1 aromatic carbocycles. The quantitative estimate of drug-likeness (QED) is 0.839. The minimum Gasteiger partial charge on any atom is -0.300 e. The highest BCUT2D eigenvalue weighted by atomic mass is 79.9. The third-order valence-corrected chi connectivity index (χ3v) is 2.93. The minimum absolute atomic E-state index is 0.421. The van der Waals surface area contributed by atoms with Crippen LogP contribution in [0.2, 0.25) is 0 Å². The lowest BCUT2D eigenvalue weighted by atomic mass is 10.0. The van der Waals surface area contributed by atoms with Gasteiger partial charge in [-0.1, -0.05) is 28.8 Å². The molecular weight excluding hydrogens is 295 g/mol. The van der Waals surface area contributed by atoms with Gasteiger partial charge in [0.25, 0.3) is 0 Å². The van der Waals surface area contributed by atoms with Crippen molar-refractivity contribution in [1.29, 1.82) is 0 Å². The Bertz CT molecular complexity index is 434. The lowest BCUT2D eigenvalue weighted by Crippen LogP contribution is -2.20. The summed E-state index contributed by atoms with van der Waals surface area (Å²) in [6.07, 6.45) is 0.944. The molecule has 1 nitrogen and oxygen atoms in total. The van der Waals surface area contributed by atoms with Crippen LogP contribution in [0.25, 0.3) is 0 Å². The Kier molecular flexibility index (Phi) is 4.61. The van der Waals surface area contributed by atoms with E-state index in [4.69, 9.17) is 6.42 Å². The van der Waals surface area contributed by atoms with Crippen LogP contribution in [-0.4, -0.2) is 6.54 Å². The average molecular weight is 306 g/mol. The van der Waals surface area contributed by atoms with Crippen LogP contribution in [0.4, 0.5) is 13.2 Å². The number of hydrogen-bond acceptors (Lipinski definition) is 1. The second kappa shape index (κ2) is 5.56. The molecule has 1 rings (SSSR count). The molecule has 0 aliphatic heterocycles. The van der Waals surface area contributed by atoms with Crippen LogP contribution in [0.3, 0.4) is 0 Å². The highest BCUT2D eigenvalue weighted by Gasteiger charge is 2.31. The zero-order valence-corrected chi connectivity index (χ0v) is 10.7. The molecule has 0 radical (unpaired) electrons. The maximum absolute atomic E-state index is 12.6. The van der Waals surface area contributed by atoms with Crippen molar-refractivity contribution in [1.82, 2.24) is 5.32 Å². The summed E-state index contributed by atoms with van der Waals surface area (Å²) in [5, 5.41) is 2.93. The first kappa shape index (κ1) is 14.1. The molecule has 0 fully saturated rings. The van der Waals surface area contributed by atoms with Gasteiger partial charge in [-0.3, -0.25) is 0 Å². The summed E-state index contributed by atoms with van der Waals surface area (Å²) in [5.74, 6) is 2.43. The van der Waals surface area contributed by atoms with Crippen molar-refractivity contribution in [3.63, 3.8) is 0 Å². The summed E-state index contributed by atoms with van der Waals surface area (Å²) in [6, 6.07) is 2.92. The Balaban J connectivity index is 3.19. The normalized spacial score (nSPS) is 13.2. The fourth-order valence-corrected chi connectivity index (χ4v) is 1.88. The van der Waals surface area contributed by atoms with Crippen molar-refractivity contribution in [2.75, 3.05) is 6.54 Å². The molecule has 0 saturated heterocycles. The molecule has 1 N–H and O–H groups in total. The van der Waals surface area contributed by atoms with Crippen molar-refractivity contribution in [3.05, 3.63) is 33.8 Å². The van der Waals surface area contributed by atoms with Crippen molar-refractivity contribution in [2.24, 2.45) is 0 Å². The molecule has 1 atom stereocenters. The molecule has 92 valence electrons. The van der Waals surface area contributed by atoms with Crippen LogP contribution in [0.15, 0.2) is 22.7 Å². The van der Waals surface area contributed by atoms with E-state index in [1.165, 1.54) is 6.07 Å². The minimum atomic E-state index is -4.36. The van der Waals surface area contributed by atoms with Crippen LogP contribution in [0.1, 0.15) is 24.1 Å². The fraction of sp³-hybridized carbons (Fsp3) is 0.333. The van der Waals surface area contributed by atoms with Gasteiger partial charge in [-0.05, 0) is 30.3 Å². The van der Waals surface area contributed by atoms with Crippen molar-refractivity contribution >= 4 is 15.9 Å². The van der Waals surface area contributed by atoms with E-state index in [0.29, 0.717) is 16.6 Å². The smallest absolute Gasteiger partial charge is 0.300 e. The predicted molar refractivity (Wildman–Crippen MR) is 64.4 cm³/mol. The molecule has 1 aromatic rings. The molecular formula is C12H11BrF3N. The van der Waals surface area contributed by atoms with E-state index >= 15 is 0 Å². The average Bonchev–Trinajstić information content (AvgIpc) is 2.25.